The van der Waals surface area contributed by atoms with Gasteiger partial charge in [0.05, 0.1) is 10.3 Å². The summed E-state index contributed by atoms with van der Waals surface area (Å²) in [5, 5.41) is 9.41. The van der Waals surface area contributed by atoms with E-state index in [1.165, 1.54) is 6.08 Å². The molecule has 1 aliphatic heterocycles. The van der Waals surface area contributed by atoms with Gasteiger partial charge in [-0.3, -0.25) is 0 Å². The van der Waals surface area contributed by atoms with Crippen molar-refractivity contribution in [2.45, 2.75) is 0 Å². The summed E-state index contributed by atoms with van der Waals surface area (Å²) in [5.74, 6) is -0.0556. The van der Waals surface area contributed by atoms with Gasteiger partial charge in [0.25, 0.3) is 0 Å². The second-order valence-electron chi connectivity index (χ2n) is 1.04. The molecule has 0 amide bonds. The first-order chi connectivity index (χ1) is 3.84. The Morgan fingerprint density at radius 1 is 1.75 bits per heavy atom. The molecule has 6 nitrogen and oxygen atoms in total. The zero-order valence-electron chi connectivity index (χ0n) is 3.77. The highest BCUT2D eigenvalue weighted by Gasteiger charge is 2.13. The third-order valence-electron chi connectivity index (χ3n) is 0.580. The van der Waals surface area contributed by atoms with E-state index in [-0.39, 0.29) is 5.96 Å². The molecule has 0 aromatic heterocycles. The Morgan fingerprint density at radius 3 is 2.75 bits per heavy atom. The molecule has 2 N–H and O–H groups in total. The first-order valence-electron chi connectivity index (χ1n) is 1.76. The van der Waals surface area contributed by atoms with Crippen molar-refractivity contribution in [1.29, 1.82) is 0 Å². The number of isocyanates is 1. The molecule has 0 aromatic rings. The van der Waals surface area contributed by atoms with Gasteiger partial charge in [-0.25, -0.2) is 0 Å². The van der Waals surface area contributed by atoms with Gasteiger partial charge in [0.1, 0.15) is 0 Å². The molecule has 0 fully saturated rings. The van der Waals surface area contributed by atoms with E-state index in [0.717, 1.165) is 0 Å². The molecule has 1 heterocycles. The molecule has 6 heteroatoms. The molecule has 0 radical (unpaired) electrons. The third-order valence-corrected chi connectivity index (χ3v) is 0.580. The molecular weight excluding hydrogens is 110 g/mol. The summed E-state index contributed by atoms with van der Waals surface area (Å²) in [4.78, 5) is 9.70. The maximum atomic E-state index is 9.70. The highest BCUT2D eigenvalue weighted by atomic mass is 16.1. The standard InChI is InChI=1S/C2H2N5O/c3-2-4-5-6-7(2)1-8/h(H2,3,4,6)/q+1. The fourth-order valence-electron chi connectivity index (χ4n) is 0.259. The SMILES string of the molecule is NC1=NN=N[N+]1=C=O. The van der Waals surface area contributed by atoms with Crippen LogP contribution in [0.2, 0.25) is 0 Å². The van der Waals surface area contributed by atoms with E-state index in [9.17, 15) is 4.79 Å². The molecular formula is C2H2N5O+. The van der Waals surface area contributed by atoms with Gasteiger partial charge in [-0.2, -0.15) is 4.79 Å². The molecule has 0 unspecified atom stereocenters. The minimum Gasteiger partial charge on any atom is -0.303 e. The van der Waals surface area contributed by atoms with Crippen molar-refractivity contribution in [2.75, 3.05) is 0 Å². The van der Waals surface area contributed by atoms with Crippen LogP contribution >= 0.6 is 0 Å². The molecule has 0 atom stereocenters. The Morgan fingerprint density at radius 2 is 2.50 bits per heavy atom. The predicted molar refractivity (Wildman–Crippen MR) is 22.4 cm³/mol. The van der Waals surface area contributed by atoms with E-state index in [2.05, 4.69) is 15.5 Å². The van der Waals surface area contributed by atoms with Crippen LogP contribution in [0.15, 0.2) is 15.5 Å². The van der Waals surface area contributed by atoms with Crippen LogP contribution in [0.5, 0.6) is 0 Å². The van der Waals surface area contributed by atoms with Crippen LogP contribution in [0.25, 0.3) is 0 Å². The van der Waals surface area contributed by atoms with Crippen LogP contribution in [0.4, 0.5) is 0 Å². The van der Waals surface area contributed by atoms with Crippen molar-refractivity contribution in [2.24, 2.45) is 21.3 Å². The van der Waals surface area contributed by atoms with Gasteiger partial charge < -0.3 is 5.73 Å². The zero-order valence-corrected chi connectivity index (χ0v) is 3.77. The van der Waals surface area contributed by atoms with E-state index in [4.69, 9.17) is 5.73 Å². The summed E-state index contributed by atoms with van der Waals surface area (Å²) < 4.78 is 0.708. The molecule has 0 aliphatic carbocycles. The topological polar surface area (TPSA) is 83.2 Å². The molecule has 0 saturated carbocycles. The van der Waals surface area contributed by atoms with E-state index in [1.54, 1.807) is 0 Å². The predicted octanol–water partition coefficient (Wildman–Crippen LogP) is -1.05. The van der Waals surface area contributed by atoms with Gasteiger partial charge in [0.15, 0.2) is 5.22 Å². The number of rotatable bonds is 0. The van der Waals surface area contributed by atoms with E-state index in [0.29, 0.717) is 4.68 Å². The lowest BCUT2D eigenvalue weighted by molar-refractivity contribution is -0.414. The lowest BCUT2D eigenvalue weighted by Gasteiger charge is -1.72. The van der Waals surface area contributed by atoms with Crippen molar-refractivity contribution >= 4 is 12.0 Å². The van der Waals surface area contributed by atoms with E-state index < -0.39 is 0 Å². The number of guanidine groups is 1. The number of hydrogen-bond donors (Lipinski definition) is 1. The summed E-state index contributed by atoms with van der Waals surface area (Å²) in [6, 6.07) is 0. The van der Waals surface area contributed by atoms with Crippen molar-refractivity contribution < 1.29 is 9.48 Å². The number of nitrogens with zero attached hydrogens (tertiary/aromatic N) is 4. The highest BCUT2D eigenvalue weighted by Crippen LogP contribution is 1.88. The Hall–Kier alpha value is -1.55. The lowest BCUT2D eigenvalue weighted by atomic mass is 11.0. The van der Waals surface area contributed by atoms with Gasteiger partial charge >= 0.3 is 12.0 Å². The van der Waals surface area contributed by atoms with Gasteiger partial charge in [-0.15, -0.1) is 0 Å². The molecule has 8 heavy (non-hydrogen) atoms. The van der Waals surface area contributed by atoms with Crippen LogP contribution in [0, 0.1) is 0 Å². The van der Waals surface area contributed by atoms with Crippen molar-refractivity contribution in [3.63, 3.8) is 0 Å². The fourth-order valence-corrected chi connectivity index (χ4v) is 0.259. The number of carbonyl (C=O) groups excluding carboxylic acids is 1. The molecule has 0 aromatic carbocycles. The average molecular weight is 112 g/mol. The van der Waals surface area contributed by atoms with Crippen LogP contribution in [-0.2, 0) is 4.79 Å². The molecule has 1 rings (SSSR count). The van der Waals surface area contributed by atoms with E-state index >= 15 is 0 Å². The minimum atomic E-state index is -0.0556. The second-order valence-corrected chi connectivity index (χ2v) is 1.04. The zero-order chi connectivity index (χ0) is 5.98. The Kier molecular flexibility index (Phi) is 0.870. The third kappa shape index (κ3) is 0.485. The van der Waals surface area contributed by atoms with Crippen molar-refractivity contribution in [1.82, 2.24) is 0 Å². The van der Waals surface area contributed by atoms with Gasteiger partial charge in [0, 0.05) is 0 Å². The Labute approximate surface area is 44.0 Å². The van der Waals surface area contributed by atoms with Crippen LogP contribution < -0.4 is 5.73 Å². The normalized spacial score (nSPS) is 16.0. The second kappa shape index (κ2) is 1.51. The molecule has 0 saturated heterocycles. The summed E-state index contributed by atoms with van der Waals surface area (Å²) in [6.45, 7) is 0. The monoisotopic (exact) mass is 112 g/mol. The number of nitrogens with two attached hydrogens (primary N) is 1. The van der Waals surface area contributed by atoms with Crippen LogP contribution in [0.3, 0.4) is 0 Å². The first kappa shape index (κ1) is 4.61. The Bertz CT molecular complexity index is 208. The number of hydrogen-bond acceptors (Lipinski definition) is 5. The molecule has 1 aliphatic rings. The van der Waals surface area contributed by atoms with Crippen LogP contribution in [0.1, 0.15) is 0 Å². The Balaban J connectivity index is 3.05. The molecule has 40 valence electrons. The maximum absolute atomic E-state index is 9.70. The quantitative estimate of drug-likeness (QED) is 0.320. The van der Waals surface area contributed by atoms with E-state index in [1.807, 2.05) is 0 Å². The fraction of sp³-hybridized carbons (Fsp3) is 0. The summed E-state index contributed by atoms with van der Waals surface area (Å²) in [7, 11) is 0. The average Bonchev–Trinajstić information content (AvgIpc) is 2.14. The smallest absolute Gasteiger partial charge is 0.303 e. The molecule has 0 bridgehead atoms. The molecule has 0 spiro atoms. The summed E-state index contributed by atoms with van der Waals surface area (Å²) in [6.07, 6.45) is 1.38. The highest BCUT2D eigenvalue weighted by molar-refractivity contribution is 5.71. The van der Waals surface area contributed by atoms with Gasteiger partial charge in [-0.1, -0.05) is 0 Å². The minimum absolute atomic E-state index is 0.0556. The maximum Gasteiger partial charge on any atom is 0.414 e. The lowest BCUT2D eigenvalue weighted by Crippen LogP contribution is -2.20. The summed E-state index contributed by atoms with van der Waals surface area (Å²) >= 11 is 0. The van der Waals surface area contributed by atoms with Gasteiger partial charge in [-0.05, 0) is 4.68 Å². The van der Waals surface area contributed by atoms with Gasteiger partial charge in [0.2, 0.25) is 0 Å². The van der Waals surface area contributed by atoms with Crippen molar-refractivity contribution in [3.05, 3.63) is 0 Å². The van der Waals surface area contributed by atoms with Crippen molar-refractivity contribution in [3.8, 4) is 0 Å². The van der Waals surface area contributed by atoms with Crippen LogP contribution in [-0.4, -0.2) is 16.7 Å². The first-order valence-corrected chi connectivity index (χ1v) is 1.76. The largest absolute Gasteiger partial charge is 0.414 e. The summed E-state index contributed by atoms with van der Waals surface area (Å²) in [5.41, 5.74) is 5.02.